The molecule has 4 heteroatoms. The molecule has 2 rings (SSSR count). The number of aliphatic hydroxyl groups excluding tert-OH is 1. The van der Waals surface area contributed by atoms with E-state index in [2.05, 4.69) is 5.32 Å². The van der Waals surface area contributed by atoms with E-state index in [1.54, 1.807) is 18.2 Å². The third-order valence-electron chi connectivity index (χ3n) is 3.31. The molecule has 0 unspecified atom stereocenters. The van der Waals surface area contributed by atoms with Crippen LogP contribution in [0.4, 0.5) is 0 Å². The van der Waals surface area contributed by atoms with E-state index < -0.39 is 0 Å². The molecule has 1 saturated carbocycles. The van der Waals surface area contributed by atoms with E-state index in [0.717, 1.165) is 18.4 Å². The van der Waals surface area contributed by atoms with Crippen LogP contribution in [-0.4, -0.2) is 29.3 Å². The van der Waals surface area contributed by atoms with Crippen molar-refractivity contribution in [2.45, 2.75) is 19.8 Å². The van der Waals surface area contributed by atoms with Gasteiger partial charge in [-0.05, 0) is 37.5 Å². The highest BCUT2D eigenvalue weighted by molar-refractivity contribution is 5.96. The lowest BCUT2D eigenvalue weighted by atomic mass is 10.1. The number of amides is 1. The minimum Gasteiger partial charge on any atom is -0.507 e. The van der Waals surface area contributed by atoms with Crippen LogP contribution in [0.3, 0.4) is 0 Å². The number of hydrogen-bond donors (Lipinski definition) is 3. The van der Waals surface area contributed by atoms with Crippen LogP contribution >= 0.6 is 0 Å². The summed E-state index contributed by atoms with van der Waals surface area (Å²) in [6.07, 6.45) is 1.90. The highest BCUT2D eigenvalue weighted by Crippen LogP contribution is 2.44. The van der Waals surface area contributed by atoms with Crippen LogP contribution < -0.4 is 5.32 Å². The Labute approximate surface area is 100 Å². The number of aliphatic hydroxyl groups is 1. The summed E-state index contributed by atoms with van der Waals surface area (Å²) in [6, 6.07) is 4.96. The van der Waals surface area contributed by atoms with Gasteiger partial charge in [0.15, 0.2) is 0 Å². The summed E-state index contributed by atoms with van der Waals surface area (Å²) in [4.78, 5) is 11.8. The summed E-state index contributed by atoms with van der Waals surface area (Å²) >= 11 is 0. The van der Waals surface area contributed by atoms with Gasteiger partial charge in [0.1, 0.15) is 5.75 Å². The topological polar surface area (TPSA) is 69.6 Å². The third kappa shape index (κ3) is 2.58. The summed E-state index contributed by atoms with van der Waals surface area (Å²) in [5.41, 5.74) is 1.08. The number of phenolic OH excluding ortho intramolecular Hbond substituents is 1. The smallest absolute Gasteiger partial charge is 0.255 e. The number of nitrogens with one attached hydrogen (secondary N) is 1. The Kier molecular flexibility index (Phi) is 3.07. The van der Waals surface area contributed by atoms with Crippen molar-refractivity contribution in [3.63, 3.8) is 0 Å². The van der Waals surface area contributed by atoms with Crippen molar-refractivity contribution < 1.29 is 15.0 Å². The van der Waals surface area contributed by atoms with Crippen LogP contribution in [0, 0.1) is 12.3 Å². The standard InChI is InChI=1S/C13H17NO3/c1-9-2-3-10(11(16)6-9)12(17)14-7-13(8-15)4-5-13/h2-3,6,15-16H,4-5,7-8H2,1H3,(H,14,17). The van der Waals surface area contributed by atoms with Crippen molar-refractivity contribution in [2.24, 2.45) is 5.41 Å². The molecule has 92 valence electrons. The zero-order valence-electron chi connectivity index (χ0n) is 9.86. The van der Waals surface area contributed by atoms with E-state index in [4.69, 9.17) is 5.11 Å². The van der Waals surface area contributed by atoms with Crippen LogP contribution in [0.25, 0.3) is 0 Å². The zero-order valence-corrected chi connectivity index (χ0v) is 9.86. The van der Waals surface area contributed by atoms with E-state index in [9.17, 15) is 9.90 Å². The molecule has 1 aromatic carbocycles. The van der Waals surface area contributed by atoms with Gasteiger partial charge in [-0.15, -0.1) is 0 Å². The maximum atomic E-state index is 11.8. The van der Waals surface area contributed by atoms with Crippen molar-refractivity contribution in [2.75, 3.05) is 13.2 Å². The van der Waals surface area contributed by atoms with Gasteiger partial charge < -0.3 is 15.5 Å². The van der Waals surface area contributed by atoms with Crippen molar-refractivity contribution in [1.29, 1.82) is 0 Å². The second-order valence-corrected chi connectivity index (χ2v) is 4.86. The maximum Gasteiger partial charge on any atom is 0.255 e. The summed E-state index contributed by atoms with van der Waals surface area (Å²) in [5.74, 6) is -0.293. The van der Waals surface area contributed by atoms with Crippen LogP contribution in [-0.2, 0) is 0 Å². The highest BCUT2D eigenvalue weighted by Gasteiger charge is 2.42. The van der Waals surface area contributed by atoms with E-state index in [0.29, 0.717) is 6.54 Å². The number of benzene rings is 1. The minimum atomic E-state index is -0.290. The van der Waals surface area contributed by atoms with Crippen LogP contribution in [0.2, 0.25) is 0 Å². The number of hydrogen-bond acceptors (Lipinski definition) is 3. The first-order chi connectivity index (χ1) is 8.06. The van der Waals surface area contributed by atoms with Gasteiger partial charge in [0.25, 0.3) is 5.91 Å². The van der Waals surface area contributed by atoms with E-state index in [1.807, 2.05) is 6.92 Å². The summed E-state index contributed by atoms with van der Waals surface area (Å²) < 4.78 is 0. The lowest BCUT2D eigenvalue weighted by Crippen LogP contribution is -2.31. The van der Waals surface area contributed by atoms with Crippen LogP contribution in [0.15, 0.2) is 18.2 Å². The summed E-state index contributed by atoms with van der Waals surface area (Å²) in [7, 11) is 0. The normalized spacial score (nSPS) is 16.6. The van der Waals surface area contributed by atoms with Gasteiger partial charge >= 0.3 is 0 Å². The third-order valence-corrected chi connectivity index (χ3v) is 3.31. The molecule has 0 aromatic heterocycles. The molecule has 0 atom stereocenters. The Hall–Kier alpha value is -1.55. The molecular weight excluding hydrogens is 218 g/mol. The van der Waals surface area contributed by atoms with Gasteiger partial charge in [-0.25, -0.2) is 0 Å². The fourth-order valence-electron chi connectivity index (χ4n) is 1.76. The Bertz CT molecular complexity index is 438. The zero-order chi connectivity index (χ0) is 12.5. The predicted molar refractivity (Wildman–Crippen MR) is 63.9 cm³/mol. The molecule has 3 N–H and O–H groups in total. The fraction of sp³-hybridized carbons (Fsp3) is 0.462. The molecule has 0 radical (unpaired) electrons. The average molecular weight is 235 g/mol. The molecule has 0 bridgehead atoms. The summed E-state index contributed by atoms with van der Waals surface area (Å²) in [6.45, 7) is 2.43. The van der Waals surface area contributed by atoms with Gasteiger partial charge in [0.05, 0.1) is 12.2 Å². The van der Waals surface area contributed by atoms with Gasteiger partial charge in [0.2, 0.25) is 0 Å². The minimum absolute atomic E-state index is 0.00338. The number of rotatable bonds is 4. The number of carbonyl (C=O) groups is 1. The molecule has 1 aliphatic rings. The first-order valence-electron chi connectivity index (χ1n) is 5.75. The first kappa shape index (κ1) is 11.9. The van der Waals surface area contributed by atoms with Crippen molar-refractivity contribution in [1.82, 2.24) is 5.32 Å². The Morgan fingerprint density at radius 3 is 2.71 bits per heavy atom. The molecule has 4 nitrogen and oxygen atoms in total. The van der Waals surface area contributed by atoms with E-state index >= 15 is 0 Å². The molecule has 1 aromatic rings. The number of carbonyl (C=O) groups excluding carboxylic acids is 1. The molecule has 0 heterocycles. The Balaban J connectivity index is 2.00. The second-order valence-electron chi connectivity index (χ2n) is 4.86. The number of phenols is 1. The molecule has 1 fully saturated rings. The fourth-order valence-corrected chi connectivity index (χ4v) is 1.76. The molecule has 0 spiro atoms. The highest BCUT2D eigenvalue weighted by atomic mass is 16.3. The first-order valence-corrected chi connectivity index (χ1v) is 5.75. The van der Waals surface area contributed by atoms with E-state index in [1.165, 1.54) is 0 Å². The lowest BCUT2D eigenvalue weighted by molar-refractivity contribution is 0.0932. The molecule has 0 aliphatic heterocycles. The van der Waals surface area contributed by atoms with Gasteiger partial charge in [0, 0.05) is 12.0 Å². The van der Waals surface area contributed by atoms with Gasteiger partial charge in [-0.1, -0.05) is 6.07 Å². The molecule has 1 aliphatic carbocycles. The quantitative estimate of drug-likeness (QED) is 0.734. The number of aromatic hydroxyl groups is 1. The Morgan fingerprint density at radius 2 is 2.18 bits per heavy atom. The average Bonchev–Trinajstić information content (AvgIpc) is 3.07. The van der Waals surface area contributed by atoms with Gasteiger partial charge in [-0.2, -0.15) is 0 Å². The summed E-state index contributed by atoms with van der Waals surface area (Å²) in [5, 5.41) is 21.5. The monoisotopic (exact) mass is 235 g/mol. The second kappa shape index (κ2) is 4.37. The van der Waals surface area contributed by atoms with Crippen LogP contribution in [0.5, 0.6) is 5.75 Å². The maximum absolute atomic E-state index is 11.8. The predicted octanol–water partition coefficient (Wildman–Crippen LogP) is 1.20. The SMILES string of the molecule is Cc1ccc(C(=O)NCC2(CO)CC2)c(O)c1. The van der Waals surface area contributed by atoms with Crippen LogP contribution in [0.1, 0.15) is 28.8 Å². The molecule has 1 amide bonds. The Morgan fingerprint density at radius 1 is 1.47 bits per heavy atom. The largest absolute Gasteiger partial charge is 0.507 e. The van der Waals surface area contributed by atoms with Gasteiger partial charge in [-0.3, -0.25) is 4.79 Å². The van der Waals surface area contributed by atoms with Crippen molar-refractivity contribution >= 4 is 5.91 Å². The molecular formula is C13H17NO3. The number of aryl methyl sites for hydroxylation is 1. The molecule has 17 heavy (non-hydrogen) atoms. The van der Waals surface area contributed by atoms with E-state index in [-0.39, 0.29) is 29.2 Å². The van der Waals surface area contributed by atoms with Crippen molar-refractivity contribution in [3.8, 4) is 5.75 Å². The lowest BCUT2D eigenvalue weighted by Gasteiger charge is -2.13. The molecule has 0 saturated heterocycles. The van der Waals surface area contributed by atoms with Crippen molar-refractivity contribution in [3.05, 3.63) is 29.3 Å².